The van der Waals surface area contributed by atoms with Crippen LogP contribution in [0, 0.1) is 0 Å². The zero-order valence-corrected chi connectivity index (χ0v) is 15.4. The van der Waals surface area contributed by atoms with Gasteiger partial charge in [0.2, 0.25) is 0 Å². The third-order valence-corrected chi connectivity index (χ3v) is 4.86. The van der Waals surface area contributed by atoms with E-state index in [2.05, 4.69) is 22.5 Å². The molecule has 1 fully saturated rings. The van der Waals surface area contributed by atoms with E-state index in [1.165, 1.54) is 0 Å². The van der Waals surface area contributed by atoms with Crippen molar-refractivity contribution >= 4 is 11.6 Å². The number of hydrogen-bond acceptors (Lipinski definition) is 4. The van der Waals surface area contributed by atoms with E-state index in [4.69, 9.17) is 4.74 Å². The molecule has 6 heteroatoms. The number of nitrogens with zero attached hydrogens (tertiary/aromatic N) is 2. The van der Waals surface area contributed by atoms with Gasteiger partial charge in [0.05, 0.1) is 5.69 Å². The summed E-state index contributed by atoms with van der Waals surface area (Å²) in [4.78, 5) is 17.1. The number of aromatic nitrogens is 2. The molecule has 2 unspecified atom stereocenters. The summed E-state index contributed by atoms with van der Waals surface area (Å²) in [5, 5.41) is 6.53. The highest BCUT2D eigenvalue weighted by molar-refractivity contribution is 5.94. The van der Waals surface area contributed by atoms with Gasteiger partial charge in [-0.2, -0.15) is 0 Å². The van der Waals surface area contributed by atoms with Gasteiger partial charge in [-0.1, -0.05) is 12.1 Å². The standard InChI is InChI=1S/C21H24N4O2/c1-15-11-17(8-9-22-15)24-21(26)16-5-4-6-19(12-16)27-14-18-13-25-10-3-2-7-20(25)23-18/h2-7,10,12-13,15,17,22H,8-9,11,14H2,1H3,(H,24,26). The zero-order chi connectivity index (χ0) is 18.6. The number of benzene rings is 1. The van der Waals surface area contributed by atoms with Crippen molar-refractivity contribution in [2.24, 2.45) is 0 Å². The van der Waals surface area contributed by atoms with Gasteiger partial charge in [0.25, 0.3) is 5.91 Å². The molecule has 1 saturated heterocycles. The van der Waals surface area contributed by atoms with Gasteiger partial charge >= 0.3 is 0 Å². The Kier molecular flexibility index (Phi) is 5.07. The van der Waals surface area contributed by atoms with Crippen molar-refractivity contribution < 1.29 is 9.53 Å². The molecule has 4 rings (SSSR count). The predicted octanol–water partition coefficient (Wildman–Crippen LogP) is 2.78. The Morgan fingerprint density at radius 3 is 3.11 bits per heavy atom. The van der Waals surface area contributed by atoms with Crippen LogP contribution in [0.25, 0.3) is 5.65 Å². The summed E-state index contributed by atoms with van der Waals surface area (Å²) in [5.74, 6) is 0.616. The van der Waals surface area contributed by atoms with Crippen LogP contribution in [-0.4, -0.2) is 33.9 Å². The molecule has 140 valence electrons. The second kappa shape index (κ2) is 7.80. The molecule has 2 N–H and O–H groups in total. The second-order valence-corrected chi connectivity index (χ2v) is 7.06. The minimum absolute atomic E-state index is 0.0488. The van der Waals surface area contributed by atoms with Gasteiger partial charge < -0.3 is 19.8 Å². The predicted molar refractivity (Wildman–Crippen MR) is 104 cm³/mol. The lowest BCUT2D eigenvalue weighted by atomic mass is 10.0. The van der Waals surface area contributed by atoms with Crippen LogP contribution in [0.1, 0.15) is 35.8 Å². The average molecular weight is 364 g/mol. The fourth-order valence-corrected chi connectivity index (χ4v) is 3.47. The van der Waals surface area contributed by atoms with Crippen molar-refractivity contribution in [1.29, 1.82) is 0 Å². The Hall–Kier alpha value is -2.86. The molecule has 0 saturated carbocycles. The third kappa shape index (κ3) is 4.28. The topological polar surface area (TPSA) is 67.7 Å². The summed E-state index contributed by atoms with van der Waals surface area (Å²) in [6, 6.07) is 13.8. The molecule has 1 aromatic carbocycles. The lowest BCUT2D eigenvalue weighted by Crippen LogP contribution is -2.46. The molecule has 1 aliphatic heterocycles. The van der Waals surface area contributed by atoms with Crippen LogP contribution in [0.3, 0.4) is 0 Å². The number of fused-ring (bicyclic) bond motifs is 1. The number of piperidine rings is 1. The van der Waals surface area contributed by atoms with Crippen LogP contribution >= 0.6 is 0 Å². The molecule has 0 spiro atoms. The smallest absolute Gasteiger partial charge is 0.251 e. The van der Waals surface area contributed by atoms with E-state index in [0.29, 0.717) is 24.0 Å². The van der Waals surface area contributed by atoms with E-state index in [-0.39, 0.29) is 11.9 Å². The number of carbonyl (C=O) groups is 1. The summed E-state index contributed by atoms with van der Waals surface area (Å²) < 4.78 is 7.81. The molecule has 27 heavy (non-hydrogen) atoms. The van der Waals surface area contributed by atoms with Crippen molar-refractivity contribution in [1.82, 2.24) is 20.0 Å². The van der Waals surface area contributed by atoms with Crippen LogP contribution in [0.15, 0.2) is 54.9 Å². The third-order valence-electron chi connectivity index (χ3n) is 4.86. The molecule has 0 aliphatic carbocycles. The highest BCUT2D eigenvalue weighted by Gasteiger charge is 2.20. The molecule has 2 aromatic heterocycles. The Balaban J connectivity index is 1.38. The molecule has 1 aliphatic rings. The SMILES string of the molecule is CC1CC(NC(=O)c2cccc(OCc3cn4ccccc4n3)c2)CCN1. The zero-order valence-electron chi connectivity index (χ0n) is 15.4. The first-order valence-corrected chi connectivity index (χ1v) is 9.37. The molecule has 2 atom stereocenters. The minimum atomic E-state index is -0.0488. The Bertz CT molecular complexity index is 904. The van der Waals surface area contributed by atoms with E-state index in [0.717, 1.165) is 30.7 Å². The molecule has 1 amide bonds. The van der Waals surface area contributed by atoms with Gasteiger partial charge in [0, 0.05) is 30.0 Å². The molecular formula is C21H24N4O2. The van der Waals surface area contributed by atoms with Crippen LogP contribution in [-0.2, 0) is 6.61 Å². The second-order valence-electron chi connectivity index (χ2n) is 7.06. The highest BCUT2D eigenvalue weighted by Crippen LogP contribution is 2.16. The van der Waals surface area contributed by atoms with Crippen LogP contribution in [0.4, 0.5) is 0 Å². The van der Waals surface area contributed by atoms with Crippen LogP contribution in [0.2, 0.25) is 0 Å². The van der Waals surface area contributed by atoms with Gasteiger partial charge in [-0.25, -0.2) is 4.98 Å². The first kappa shape index (κ1) is 17.5. The number of imidazole rings is 1. The van der Waals surface area contributed by atoms with Gasteiger partial charge in [0.15, 0.2) is 0 Å². The van der Waals surface area contributed by atoms with Crippen molar-refractivity contribution in [3.05, 3.63) is 66.1 Å². The summed E-state index contributed by atoms with van der Waals surface area (Å²) in [5.41, 5.74) is 2.36. The van der Waals surface area contributed by atoms with Crippen LogP contribution < -0.4 is 15.4 Å². The fourth-order valence-electron chi connectivity index (χ4n) is 3.47. The van der Waals surface area contributed by atoms with E-state index in [9.17, 15) is 4.79 Å². The summed E-state index contributed by atoms with van der Waals surface area (Å²) in [6.45, 7) is 3.44. The first-order valence-electron chi connectivity index (χ1n) is 9.37. The molecule has 0 radical (unpaired) electrons. The number of rotatable bonds is 5. The molecule has 3 heterocycles. The maximum Gasteiger partial charge on any atom is 0.251 e. The van der Waals surface area contributed by atoms with Crippen molar-refractivity contribution in [3.8, 4) is 5.75 Å². The van der Waals surface area contributed by atoms with E-state index < -0.39 is 0 Å². The normalized spacial score (nSPS) is 19.7. The minimum Gasteiger partial charge on any atom is -0.487 e. The molecule has 3 aromatic rings. The molecule has 6 nitrogen and oxygen atoms in total. The maximum absolute atomic E-state index is 12.6. The number of amides is 1. The monoisotopic (exact) mass is 364 g/mol. The summed E-state index contributed by atoms with van der Waals surface area (Å²) >= 11 is 0. The summed E-state index contributed by atoms with van der Waals surface area (Å²) in [6.07, 6.45) is 5.82. The number of ether oxygens (including phenoxy) is 1. The largest absolute Gasteiger partial charge is 0.487 e. The fraction of sp³-hybridized carbons (Fsp3) is 0.333. The van der Waals surface area contributed by atoms with Gasteiger partial charge in [-0.15, -0.1) is 0 Å². The van der Waals surface area contributed by atoms with Gasteiger partial charge in [0.1, 0.15) is 18.0 Å². The van der Waals surface area contributed by atoms with E-state index >= 15 is 0 Å². The van der Waals surface area contributed by atoms with E-state index in [1.807, 2.05) is 53.2 Å². The maximum atomic E-state index is 12.6. The van der Waals surface area contributed by atoms with Crippen molar-refractivity contribution in [3.63, 3.8) is 0 Å². The Morgan fingerprint density at radius 1 is 1.33 bits per heavy atom. The lowest BCUT2D eigenvalue weighted by molar-refractivity contribution is 0.0925. The number of carbonyl (C=O) groups excluding carboxylic acids is 1. The Morgan fingerprint density at radius 2 is 2.26 bits per heavy atom. The van der Waals surface area contributed by atoms with Gasteiger partial charge in [-0.3, -0.25) is 4.79 Å². The van der Waals surface area contributed by atoms with Gasteiger partial charge in [-0.05, 0) is 56.6 Å². The number of hydrogen-bond donors (Lipinski definition) is 2. The molecular weight excluding hydrogens is 340 g/mol. The molecule has 0 bridgehead atoms. The lowest BCUT2D eigenvalue weighted by Gasteiger charge is -2.28. The number of nitrogens with one attached hydrogen (secondary N) is 2. The first-order chi connectivity index (χ1) is 13.2. The van der Waals surface area contributed by atoms with Crippen molar-refractivity contribution in [2.75, 3.05) is 6.54 Å². The average Bonchev–Trinajstić information content (AvgIpc) is 3.10. The quantitative estimate of drug-likeness (QED) is 0.731. The Labute approximate surface area is 158 Å². The number of pyridine rings is 1. The summed E-state index contributed by atoms with van der Waals surface area (Å²) in [7, 11) is 0. The van der Waals surface area contributed by atoms with Crippen molar-refractivity contribution in [2.45, 2.75) is 38.5 Å². The van der Waals surface area contributed by atoms with Crippen LogP contribution in [0.5, 0.6) is 5.75 Å². The van der Waals surface area contributed by atoms with E-state index in [1.54, 1.807) is 6.07 Å². The highest BCUT2D eigenvalue weighted by atomic mass is 16.5.